The van der Waals surface area contributed by atoms with Crippen LogP contribution in [0.3, 0.4) is 0 Å². The van der Waals surface area contributed by atoms with Crippen molar-refractivity contribution in [3.05, 3.63) is 45.0 Å². The fourth-order valence-electron chi connectivity index (χ4n) is 2.20. The maximum absolute atomic E-state index is 5.91. The highest BCUT2D eigenvalue weighted by Crippen LogP contribution is 2.31. The minimum Gasteiger partial charge on any atom is -0.460 e. The Hall–Kier alpha value is -0.290. The molecule has 1 aromatic carbocycles. The van der Waals surface area contributed by atoms with Crippen molar-refractivity contribution < 1.29 is 4.42 Å². The zero-order valence-corrected chi connectivity index (χ0v) is 16.7. The molecule has 122 valence electrons. The van der Waals surface area contributed by atoms with Crippen LogP contribution in [0.25, 0.3) is 11.3 Å². The summed E-state index contributed by atoms with van der Waals surface area (Å²) < 4.78 is 8.00. The highest BCUT2D eigenvalue weighted by atomic mass is 79.9. The Kier molecular flexibility index (Phi) is 9.41. The number of furan rings is 1. The molecule has 0 saturated heterocycles. The van der Waals surface area contributed by atoms with E-state index >= 15 is 0 Å². The van der Waals surface area contributed by atoms with Gasteiger partial charge in [0.2, 0.25) is 0 Å². The van der Waals surface area contributed by atoms with Gasteiger partial charge in [0.25, 0.3) is 0 Å². The predicted octanol–water partition coefficient (Wildman–Crippen LogP) is 6.56. The molecule has 1 heterocycles. The smallest absolute Gasteiger partial charge is 0.135 e. The lowest BCUT2D eigenvalue weighted by molar-refractivity contribution is 0.487. The normalized spacial score (nSPS) is 10.5. The van der Waals surface area contributed by atoms with Crippen molar-refractivity contribution in [3.63, 3.8) is 0 Å². The zero-order chi connectivity index (χ0) is 15.1. The molecule has 0 radical (unpaired) electrons. The van der Waals surface area contributed by atoms with E-state index in [1.54, 1.807) is 0 Å². The molecule has 2 rings (SSSR count). The largest absolute Gasteiger partial charge is 0.460 e. The summed E-state index contributed by atoms with van der Waals surface area (Å²) in [7, 11) is 0. The number of hydrogen-bond acceptors (Lipinski definition) is 2. The number of halogens is 3. The molecule has 2 nitrogen and oxygen atoms in total. The molecule has 0 spiro atoms. The van der Waals surface area contributed by atoms with Crippen LogP contribution in [0, 0.1) is 0 Å². The van der Waals surface area contributed by atoms with Gasteiger partial charge in [0, 0.05) is 14.5 Å². The van der Waals surface area contributed by atoms with Crippen LogP contribution in [0.1, 0.15) is 38.4 Å². The van der Waals surface area contributed by atoms with Crippen LogP contribution in [0.2, 0.25) is 0 Å². The predicted molar refractivity (Wildman–Crippen MR) is 103 cm³/mol. The molecule has 5 heteroatoms. The SMILES string of the molecule is CCCCCCNCc1ccc(-c2ccc(Br)cc2Br)o1.Cl. The number of benzene rings is 1. The van der Waals surface area contributed by atoms with Crippen LogP contribution in [-0.2, 0) is 6.54 Å². The Morgan fingerprint density at radius 3 is 2.59 bits per heavy atom. The molecule has 0 saturated carbocycles. The van der Waals surface area contributed by atoms with Gasteiger partial charge < -0.3 is 9.73 Å². The van der Waals surface area contributed by atoms with E-state index in [0.29, 0.717) is 0 Å². The van der Waals surface area contributed by atoms with Crippen molar-refractivity contribution in [2.45, 2.75) is 39.2 Å². The molecule has 1 aromatic heterocycles. The molecule has 0 aliphatic rings. The first-order valence-electron chi connectivity index (χ1n) is 7.45. The molecule has 0 atom stereocenters. The topological polar surface area (TPSA) is 25.2 Å². The summed E-state index contributed by atoms with van der Waals surface area (Å²) in [5, 5.41) is 3.44. The van der Waals surface area contributed by atoms with Gasteiger partial charge in [0.1, 0.15) is 11.5 Å². The molecule has 0 unspecified atom stereocenters. The lowest BCUT2D eigenvalue weighted by Crippen LogP contribution is -2.14. The second kappa shape index (κ2) is 10.5. The van der Waals surface area contributed by atoms with E-state index < -0.39 is 0 Å². The standard InChI is InChI=1S/C17H21Br2NO.ClH/c1-2-3-4-5-10-20-12-14-7-9-17(21-14)15-8-6-13(18)11-16(15)19;/h6-9,11,20H,2-5,10,12H2,1H3;1H. The van der Waals surface area contributed by atoms with E-state index in [4.69, 9.17) is 4.42 Å². The molecule has 0 aliphatic carbocycles. The molecule has 0 bridgehead atoms. The lowest BCUT2D eigenvalue weighted by atomic mass is 10.2. The van der Waals surface area contributed by atoms with Crippen molar-refractivity contribution in [2.24, 2.45) is 0 Å². The monoisotopic (exact) mass is 449 g/mol. The third kappa shape index (κ3) is 6.07. The van der Waals surface area contributed by atoms with Gasteiger partial charge in [-0.25, -0.2) is 0 Å². The van der Waals surface area contributed by atoms with E-state index in [9.17, 15) is 0 Å². The molecule has 1 N–H and O–H groups in total. The minimum absolute atomic E-state index is 0. The second-order valence-electron chi connectivity index (χ2n) is 5.13. The Balaban J connectivity index is 0.00000242. The van der Waals surface area contributed by atoms with Gasteiger partial charge in [-0.1, -0.05) is 42.1 Å². The average molecular weight is 452 g/mol. The van der Waals surface area contributed by atoms with Crippen LogP contribution < -0.4 is 5.32 Å². The van der Waals surface area contributed by atoms with Crippen LogP contribution in [0.4, 0.5) is 0 Å². The summed E-state index contributed by atoms with van der Waals surface area (Å²) in [6, 6.07) is 10.2. The van der Waals surface area contributed by atoms with Crippen molar-refractivity contribution in [1.29, 1.82) is 0 Å². The molecule has 22 heavy (non-hydrogen) atoms. The highest BCUT2D eigenvalue weighted by molar-refractivity contribution is 9.11. The fourth-order valence-corrected chi connectivity index (χ4v) is 3.44. The van der Waals surface area contributed by atoms with Gasteiger partial charge in [0.15, 0.2) is 0 Å². The Morgan fingerprint density at radius 1 is 1.05 bits per heavy atom. The van der Waals surface area contributed by atoms with E-state index in [1.165, 1.54) is 25.7 Å². The maximum atomic E-state index is 5.91. The van der Waals surface area contributed by atoms with E-state index in [0.717, 1.165) is 39.1 Å². The van der Waals surface area contributed by atoms with E-state index in [1.807, 2.05) is 24.3 Å². The average Bonchev–Trinajstić information content (AvgIpc) is 2.91. The van der Waals surface area contributed by atoms with Gasteiger partial charge >= 0.3 is 0 Å². The summed E-state index contributed by atoms with van der Waals surface area (Å²) in [5.74, 6) is 1.88. The summed E-state index contributed by atoms with van der Waals surface area (Å²) >= 11 is 7.04. The van der Waals surface area contributed by atoms with Crippen LogP contribution in [0.5, 0.6) is 0 Å². The van der Waals surface area contributed by atoms with Crippen LogP contribution >= 0.6 is 44.3 Å². The quantitative estimate of drug-likeness (QED) is 0.460. The van der Waals surface area contributed by atoms with Crippen LogP contribution in [-0.4, -0.2) is 6.54 Å². The first-order chi connectivity index (χ1) is 10.2. The summed E-state index contributed by atoms with van der Waals surface area (Å²) in [4.78, 5) is 0. The van der Waals surface area contributed by atoms with Gasteiger partial charge in [-0.15, -0.1) is 12.4 Å². The summed E-state index contributed by atoms with van der Waals surface area (Å²) in [5.41, 5.74) is 1.08. The fraction of sp³-hybridized carbons (Fsp3) is 0.412. The summed E-state index contributed by atoms with van der Waals surface area (Å²) in [6.45, 7) is 4.08. The zero-order valence-electron chi connectivity index (χ0n) is 12.7. The number of hydrogen-bond donors (Lipinski definition) is 1. The van der Waals surface area contributed by atoms with Gasteiger partial charge in [-0.05, 0) is 59.2 Å². The molecule has 2 aromatic rings. The number of nitrogens with one attached hydrogen (secondary N) is 1. The van der Waals surface area contributed by atoms with Gasteiger partial charge in [0.05, 0.1) is 6.54 Å². The molecule has 0 amide bonds. The highest BCUT2D eigenvalue weighted by Gasteiger charge is 2.08. The molecule has 0 aliphatic heterocycles. The van der Waals surface area contributed by atoms with E-state index in [-0.39, 0.29) is 12.4 Å². The van der Waals surface area contributed by atoms with Crippen molar-refractivity contribution in [2.75, 3.05) is 6.54 Å². The van der Waals surface area contributed by atoms with Gasteiger partial charge in [-0.3, -0.25) is 0 Å². The molecule has 0 fully saturated rings. The third-order valence-electron chi connectivity index (χ3n) is 3.36. The first kappa shape index (κ1) is 19.8. The second-order valence-corrected chi connectivity index (χ2v) is 6.90. The Labute approximate surface area is 155 Å². The maximum Gasteiger partial charge on any atom is 0.135 e. The minimum atomic E-state index is 0. The third-order valence-corrected chi connectivity index (χ3v) is 4.51. The van der Waals surface area contributed by atoms with Crippen LogP contribution in [0.15, 0.2) is 43.7 Å². The molecular weight excluding hydrogens is 429 g/mol. The summed E-state index contributed by atoms with van der Waals surface area (Å²) in [6.07, 6.45) is 5.15. The number of rotatable bonds is 8. The van der Waals surface area contributed by atoms with Crippen molar-refractivity contribution >= 4 is 44.3 Å². The van der Waals surface area contributed by atoms with Crippen molar-refractivity contribution in [1.82, 2.24) is 5.32 Å². The van der Waals surface area contributed by atoms with Crippen molar-refractivity contribution in [3.8, 4) is 11.3 Å². The molecular formula is C17H22Br2ClNO. The first-order valence-corrected chi connectivity index (χ1v) is 9.04. The van der Waals surface area contributed by atoms with Gasteiger partial charge in [-0.2, -0.15) is 0 Å². The number of unbranched alkanes of at least 4 members (excludes halogenated alkanes) is 3. The van der Waals surface area contributed by atoms with E-state index in [2.05, 4.69) is 50.2 Å². The Bertz CT molecular complexity index is 572. The lowest BCUT2D eigenvalue weighted by Gasteiger charge is -2.03. The Morgan fingerprint density at radius 2 is 1.86 bits per heavy atom.